The summed E-state index contributed by atoms with van der Waals surface area (Å²) in [5, 5.41) is 0. The van der Waals surface area contributed by atoms with E-state index in [0.29, 0.717) is 13.2 Å². The van der Waals surface area contributed by atoms with E-state index in [1.165, 1.54) is 11.1 Å². The average Bonchev–Trinajstić information content (AvgIpc) is 3.09. The number of amides is 1. The molecule has 1 aliphatic carbocycles. The van der Waals surface area contributed by atoms with Crippen molar-refractivity contribution in [3.8, 4) is 0 Å². The van der Waals surface area contributed by atoms with Gasteiger partial charge in [-0.3, -0.25) is 4.79 Å². The Bertz CT molecular complexity index is 609. The van der Waals surface area contributed by atoms with Crippen LogP contribution in [0.3, 0.4) is 0 Å². The van der Waals surface area contributed by atoms with Gasteiger partial charge in [0.05, 0.1) is 18.6 Å². The number of fused-ring (bicyclic) bond motifs is 2. The molecule has 0 radical (unpaired) electrons. The third-order valence-electron chi connectivity index (χ3n) is 5.74. The van der Waals surface area contributed by atoms with Gasteiger partial charge < -0.3 is 14.4 Å². The number of carbonyl (C=O) groups excluding carboxylic acids is 1. The monoisotopic (exact) mass is 301 g/mol. The lowest BCUT2D eigenvalue weighted by atomic mass is 9.67. The Labute approximate surface area is 131 Å². The van der Waals surface area contributed by atoms with E-state index in [4.69, 9.17) is 9.47 Å². The number of likely N-dealkylation sites (N-methyl/N-ethyl adjacent to an activating group) is 1. The highest BCUT2D eigenvalue weighted by Crippen LogP contribution is 2.54. The van der Waals surface area contributed by atoms with Gasteiger partial charge in [0.2, 0.25) is 5.91 Å². The molecule has 1 aromatic rings. The predicted molar refractivity (Wildman–Crippen MR) is 84.0 cm³/mol. The van der Waals surface area contributed by atoms with Crippen LogP contribution in [0, 0.1) is 0 Å². The lowest BCUT2D eigenvalue weighted by Gasteiger charge is -2.41. The van der Waals surface area contributed by atoms with Gasteiger partial charge in [-0.2, -0.15) is 0 Å². The quantitative estimate of drug-likeness (QED) is 0.800. The zero-order valence-corrected chi connectivity index (χ0v) is 13.4. The lowest BCUT2D eigenvalue weighted by molar-refractivity contribution is -0.185. The second kappa shape index (κ2) is 4.80. The molecule has 2 heterocycles. The van der Waals surface area contributed by atoms with Gasteiger partial charge in [-0.05, 0) is 36.5 Å². The minimum Gasteiger partial charge on any atom is -0.348 e. The molecular weight excluding hydrogens is 278 g/mol. The minimum absolute atomic E-state index is 0.247. The van der Waals surface area contributed by atoms with Gasteiger partial charge in [-0.25, -0.2) is 0 Å². The van der Waals surface area contributed by atoms with Gasteiger partial charge >= 0.3 is 0 Å². The van der Waals surface area contributed by atoms with E-state index in [0.717, 1.165) is 37.8 Å². The van der Waals surface area contributed by atoms with Crippen molar-refractivity contribution in [2.75, 3.05) is 25.2 Å². The Balaban J connectivity index is 1.76. The van der Waals surface area contributed by atoms with Gasteiger partial charge in [0.1, 0.15) is 0 Å². The molecule has 4 rings (SSSR count). The van der Waals surface area contributed by atoms with Crippen LogP contribution in [0.15, 0.2) is 18.2 Å². The van der Waals surface area contributed by atoms with Crippen molar-refractivity contribution in [2.45, 2.75) is 50.2 Å². The van der Waals surface area contributed by atoms with Crippen LogP contribution < -0.4 is 4.90 Å². The van der Waals surface area contributed by atoms with Crippen molar-refractivity contribution in [3.63, 3.8) is 0 Å². The number of nitrogens with zero attached hydrogens (tertiary/aromatic N) is 1. The summed E-state index contributed by atoms with van der Waals surface area (Å²) in [5.74, 6) is -0.176. The third kappa shape index (κ3) is 1.74. The van der Waals surface area contributed by atoms with Crippen molar-refractivity contribution in [1.29, 1.82) is 0 Å². The molecule has 2 fully saturated rings. The van der Waals surface area contributed by atoms with E-state index in [1.54, 1.807) is 0 Å². The summed E-state index contributed by atoms with van der Waals surface area (Å²) in [7, 11) is 1.91. The zero-order valence-electron chi connectivity index (χ0n) is 13.4. The second-order valence-corrected chi connectivity index (χ2v) is 6.72. The molecule has 2 spiro atoms. The van der Waals surface area contributed by atoms with Crippen LogP contribution in [0.1, 0.15) is 43.7 Å². The van der Waals surface area contributed by atoms with E-state index in [1.807, 2.05) is 11.9 Å². The molecule has 0 aromatic heterocycles. The SMILES string of the molecule is CCc1cccc2c1C1(CCC3(CC1)OCCO3)C(=O)N2C. The summed E-state index contributed by atoms with van der Waals surface area (Å²) in [4.78, 5) is 14.9. The molecule has 118 valence electrons. The molecule has 0 bridgehead atoms. The number of ether oxygens (including phenoxy) is 2. The molecule has 4 nitrogen and oxygen atoms in total. The van der Waals surface area contributed by atoms with Crippen molar-refractivity contribution >= 4 is 11.6 Å². The molecular formula is C18H23NO3. The van der Waals surface area contributed by atoms with Crippen molar-refractivity contribution in [3.05, 3.63) is 29.3 Å². The highest BCUT2D eigenvalue weighted by molar-refractivity contribution is 6.08. The topological polar surface area (TPSA) is 38.8 Å². The van der Waals surface area contributed by atoms with Gasteiger partial charge in [0.25, 0.3) is 0 Å². The smallest absolute Gasteiger partial charge is 0.237 e. The van der Waals surface area contributed by atoms with Crippen LogP contribution in [-0.2, 0) is 26.1 Å². The largest absolute Gasteiger partial charge is 0.348 e. The Hall–Kier alpha value is -1.39. The maximum Gasteiger partial charge on any atom is 0.237 e. The van der Waals surface area contributed by atoms with E-state index in [2.05, 4.69) is 25.1 Å². The molecule has 4 heteroatoms. The summed E-state index contributed by atoms with van der Waals surface area (Å²) >= 11 is 0. The van der Waals surface area contributed by atoms with E-state index >= 15 is 0 Å². The Morgan fingerprint density at radius 3 is 2.45 bits per heavy atom. The molecule has 0 N–H and O–H groups in total. The fourth-order valence-corrected chi connectivity index (χ4v) is 4.56. The van der Waals surface area contributed by atoms with E-state index < -0.39 is 5.79 Å². The lowest BCUT2D eigenvalue weighted by Crippen LogP contribution is -2.47. The molecule has 1 saturated heterocycles. The number of rotatable bonds is 1. The maximum absolute atomic E-state index is 13.1. The summed E-state index contributed by atoms with van der Waals surface area (Å²) < 4.78 is 11.7. The minimum atomic E-state index is -0.423. The van der Waals surface area contributed by atoms with Crippen LogP contribution in [0.4, 0.5) is 5.69 Å². The average molecular weight is 301 g/mol. The normalized spacial score (nSPS) is 25.2. The Morgan fingerprint density at radius 2 is 1.82 bits per heavy atom. The Kier molecular flexibility index (Phi) is 3.10. The van der Waals surface area contributed by atoms with Gasteiger partial charge in [0, 0.05) is 25.6 Å². The van der Waals surface area contributed by atoms with Crippen LogP contribution in [0.2, 0.25) is 0 Å². The first-order valence-electron chi connectivity index (χ1n) is 8.30. The highest BCUT2D eigenvalue weighted by atomic mass is 16.7. The molecule has 0 atom stereocenters. The number of hydrogen-bond acceptors (Lipinski definition) is 3. The highest BCUT2D eigenvalue weighted by Gasteiger charge is 2.56. The third-order valence-corrected chi connectivity index (χ3v) is 5.74. The van der Waals surface area contributed by atoms with Crippen molar-refractivity contribution < 1.29 is 14.3 Å². The van der Waals surface area contributed by atoms with Crippen LogP contribution in [0.25, 0.3) is 0 Å². The summed E-state index contributed by atoms with van der Waals surface area (Å²) in [6.45, 7) is 3.52. The first-order valence-corrected chi connectivity index (χ1v) is 8.30. The molecule has 2 aliphatic heterocycles. The number of benzene rings is 1. The summed E-state index contributed by atoms with van der Waals surface area (Å²) in [6, 6.07) is 6.31. The molecule has 1 amide bonds. The fraction of sp³-hybridized carbons (Fsp3) is 0.611. The first kappa shape index (κ1) is 14.2. The first-order chi connectivity index (χ1) is 10.6. The Morgan fingerprint density at radius 1 is 1.14 bits per heavy atom. The van der Waals surface area contributed by atoms with Gasteiger partial charge in [-0.1, -0.05) is 19.1 Å². The number of aryl methyl sites for hydroxylation is 1. The van der Waals surface area contributed by atoms with Crippen molar-refractivity contribution in [2.24, 2.45) is 0 Å². The molecule has 22 heavy (non-hydrogen) atoms. The van der Waals surface area contributed by atoms with E-state index in [9.17, 15) is 4.79 Å². The molecule has 0 unspecified atom stereocenters. The van der Waals surface area contributed by atoms with Gasteiger partial charge in [-0.15, -0.1) is 0 Å². The summed E-state index contributed by atoms with van der Waals surface area (Å²) in [6.07, 6.45) is 4.22. The fourth-order valence-electron chi connectivity index (χ4n) is 4.56. The second-order valence-electron chi connectivity index (χ2n) is 6.72. The van der Waals surface area contributed by atoms with E-state index in [-0.39, 0.29) is 11.3 Å². The number of carbonyl (C=O) groups is 1. The molecule has 1 aromatic carbocycles. The number of anilines is 1. The van der Waals surface area contributed by atoms with Gasteiger partial charge in [0.15, 0.2) is 5.79 Å². The van der Waals surface area contributed by atoms with Crippen LogP contribution in [0.5, 0.6) is 0 Å². The maximum atomic E-state index is 13.1. The standard InChI is InChI=1S/C18H23NO3/c1-3-13-5-4-6-14-15(13)17(16(20)19(14)2)7-9-18(10-8-17)21-11-12-22-18/h4-6H,3,7-12H2,1-2H3. The van der Waals surface area contributed by atoms with Crippen LogP contribution in [-0.4, -0.2) is 32.0 Å². The molecule has 1 saturated carbocycles. The predicted octanol–water partition coefficient (Wildman–Crippen LogP) is 2.78. The molecule has 3 aliphatic rings. The number of hydrogen-bond donors (Lipinski definition) is 0. The van der Waals surface area contributed by atoms with Crippen molar-refractivity contribution in [1.82, 2.24) is 0 Å². The zero-order chi connectivity index (χ0) is 15.4. The summed E-state index contributed by atoms with van der Waals surface area (Å²) in [5.41, 5.74) is 3.29. The van der Waals surface area contributed by atoms with Crippen LogP contribution >= 0.6 is 0 Å².